The predicted octanol–water partition coefficient (Wildman–Crippen LogP) is 2.82. The first kappa shape index (κ1) is 12.9. The SMILES string of the molecule is O=C1c2ccccc2N=C(N2CCCCC2)C2CCCN12. The smallest absolute Gasteiger partial charge is 0.256 e. The van der Waals surface area contributed by atoms with Gasteiger partial charge in [0.1, 0.15) is 5.84 Å². The summed E-state index contributed by atoms with van der Waals surface area (Å²) in [4.78, 5) is 22.2. The van der Waals surface area contributed by atoms with Crippen molar-refractivity contribution in [3.05, 3.63) is 29.8 Å². The van der Waals surface area contributed by atoms with E-state index in [0.29, 0.717) is 0 Å². The number of amidine groups is 1. The molecule has 2 saturated heterocycles. The fraction of sp³-hybridized carbons (Fsp3) is 0.529. The van der Waals surface area contributed by atoms with Gasteiger partial charge in [0, 0.05) is 19.6 Å². The average molecular weight is 283 g/mol. The summed E-state index contributed by atoms with van der Waals surface area (Å²) >= 11 is 0. The summed E-state index contributed by atoms with van der Waals surface area (Å²) in [7, 11) is 0. The van der Waals surface area contributed by atoms with Gasteiger partial charge in [-0.3, -0.25) is 4.79 Å². The number of carbonyl (C=O) groups is 1. The van der Waals surface area contributed by atoms with Crippen molar-refractivity contribution in [2.24, 2.45) is 4.99 Å². The van der Waals surface area contributed by atoms with Crippen LogP contribution in [0.3, 0.4) is 0 Å². The topological polar surface area (TPSA) is 35.9 Å². The predicted molar refractivity (Wildman–Crippen MR) is 83.0 cm³/mol. The van der Waals surface area contributed by atoms with Gasteiger partial charge in [-0.1, -0.05) is 12.1 Å². The third-order valence-electron chi connectivity index (χ3n) is 4.86. The van der Waals surface area contributed by atoms with Crippen molar-refractivity contribution in [2.75, 3.05) is 19.6 Å². The Morgan fingerprint density at radius 2 is 1.81 bits per heavy atom. The molecule has 2 fully saturated rings. The molecule has 1 aromatic rings. The van der Waals surface area contributed by atoms with Crippen molar-refractivity contribution < 1.29 is 4.79 Å². The highest BCUT2D eigenvalue weighted by Gasteiger charge is 2.38. The molecule has 0 radical (unpaired) electrons. The van der Waals surface area contributed by atoms with E-state index in [0.717, 1.165) is 49.6 Å². The molecule has 4 nitrogen and oxygen atoms in total. The highest BCUT2D eigenvalue weighted by molar-refractivity contribution is 6.06. The van der Waals surface area contributed by atoms with Crippen LogP contribution >= 0.6 is 0 Å². The van der Waals surface area contributed by atoms with Gasteiger partial charge in [-0.05, 0) is 44.2 Å². The van der Waals surface area contributed by atoms with Gasteiger partial charge < -0.3 is 9.80 Å². The van der Waals surface area contributed by atoms with Gasteiger partial charge in [0.05, 0.1) is 17.3 Å². The molecule has 0 saturated carbocycles. The lowest BCUT2D eigenvalue weighted by atomic mass is 10.1. The molecule has 4 rings (SSSR count). The Labute approximate surface area is 125 Å². The van der Waals surface area contributed by atoms with Crippen LogP contribution in [0.15, 0.2) is 29.3 Å². The van der Waals surface area contributed by atoms with Crippen LogP contribution in [0, 0.1) is 0 Å². The van der Waals surface area contributed by atoms with E-state index in [4.69, 9.17) is 4.99 Å². The number of benzene rings is 1. The molecule has 1 unspecified atom stereocenters. The van der Waals surface area contributed by atoms with E-state index >= 15 is 0 Å². The Morgan fingerprint density at radius 1 is 1.00 bits per heavy atom. The van der Waals surface area contributed by atoms with Crippen LogP contribution in [0.5, 0.6) is 0 Å². The highest BCUT2D eigenvalue weighted by Crippen LogP contribution is 2.32. The molecule has 0 N–H and O–H groups in total. The molecule has 21 heavy (non-hydrogen) atoms. The van der Waals surface area contributed by atoms with E-state index in [2.05, 4.69) is 4.90 Å². The fourth-order valence-electron chi connectivity index (χ4n) is 3.79. The van der Waals surface area contributed by atoms with Crippen LogP contribution in [-0.4, -0.2) is 47.2 Å². The van der Waals surface area contributed by atoms with Crippen LogP contribution in [0.25, 0.3) is 0 Å². The zero-order chi connectivity index (χ0) is 14.2. The number of carbonyl (C=O) groups excluding carboxylic acids is 1. The van der Waals surface area contributed by atoms with E-state index in [1.807, 2.05) is 29.2 Å². The number of para-hydroxylation sites is 1. The molecule has 0 aliphatic carbocycles. The van der Waals surface area contributed by atoms with Crippen molar-refractivity contribution in [1.82, 2.24) is 9.80 Å². The Morgan fingerprint density at radius 3 is 2.67 bits per heavy atom. The van der Waals surface area contributed by atoms with Gasteiger partial charge in [-0.25, -0.2) is 4.99 Å². The van der Waals surface area contributed by atoms with Crippen LogP contribution in [0.4, 0.5) is 5.69 Å². The molecule has 1 atom stereocenters. The van der Waals surface area contributed by atoms with E-state index in [1.165, 1.54) is 19.3 Å². The lowest BCUT2D eigenvalue weighted by molar-refractivity contribution is 0.0766. The Balaban J connectivity index is 1.80. The maximum Gasteiger partial charge on any atom is 0.256 e. The lowest BCUT2D eigenvalue weighted by Gasteiger charge is -2.34. The molecule has 3 aliphatic rings. The Hall–Kier alpha value is -1.84. The second kappa shape index (κ2) is 5.17. The zero-order valence-corrected chi connectivity index (χ0v) is 12.3. The number of hydrogen-bond acceptors (Lipinski definition) is 3. The van der Waals surface area contributed by atoms with Crippen molar-refractivity contribution in [2.45, 2.75) is 38.1 Å². The van der Waals surface area contributed by atoms with Crippen LogP contribution < -0.4 is 0 Å². The molecule has 4 heteroatoms. The third-order valence-corrected chi connectivity index (χ3v) is 4.86. The summed E-state index contributed by atoms with van der Waals surface area (Å²) in [5, 5.41) is 0. The number of amides is 1. The lowest BCUT2D eigenvalue weighted by Crippen LogP contribution is -2.48. The van der Waals surface area contributed by atoms with E-state index in [1.54, 1.807) is 0 Å². The van der Waals surface area contributed by atoms with Gasteiger partial charge in [-0.2, -0.15) is 0 Å². The second-order valence-electron chi connectivity index (χ2n) is 6.19. The van der Waals surface area contributed by atoms with Crippen molar-refractivity contribution in [3.63, 3.8) is 0 Å². The van der Waals surface area contributed by atoms with Crippen LogP contribution in [-0.2, 0) is 0 Å². The first-order chi connectivity index (χ1) is 10.3. The monoisotopic (exact) mass is 283 g/mol. The first-order valence-corrected chi connectivity index (χ1v) is 8.08. The minimum absolute atomic E-state index is 0.156. The summed E-state index contributed by atoms with van der Waals surface area (Å²) in [6.07, 6.45) is 5.93. The van der Waals surface area contributed by atoms with Gasteiger partial charge in [0.2, 0.25) is 0 Å². The van der Waals surface area contributed by atoms with Crippen molar-refractivity contribution in [3.8, 4) is 0 Å². The zero-order valence-electron chi connectivity index (χ0n) is 12.3. The van der Waals surface area contributed by atoms with Crippen LogP contribution in [0.2, 0.25) is 0 Å². The number of piperidine rings is 1. The number of likely N-dealkylation sites (tertiary alicyclic amines) is 1. The maximum absolute atomic E-state index is 12.8. The largest absolute Gasteiger partial charge is 0.358 e. The number of nitrogens with zero attached hydrogens (tertiary/aromatic N) is 3. The van der Waals surface area contributed by atoms with Crippen molar-refractivity contribution >= 4 is 17.4 Å². The summed E-state index contributed by atoms with van der Waals surface area (Å²) in [6.45, 7) is 3.03. The van der Waals surface area contributed by atoms with E-state index in [9.17, 15) is 4.79 Å². The molecular formula is C17H21N3O. The molecule has 0 bridgehead atoms. The number of rotatable bonds is 0. The minimum Gasteiger partial charge on any atom is -0.358 e. The highest BCUT2D eigenvalue weighted by atomic mass is 16.2. The van der Waals surface area contributed by atoms with Gasteiger partial charge in [0.25, 0.3) is 5.91 Å². The standard InChI is InChI=1S/C17H21N3O/c21-17-13-7-2-3-8-14(13)18-16(15-9-6-12-20(15)17)19-10-4-1-5-11-19/h2-3,7-8,15H,1,4-6,9-12H2. The molecule has 3 heterocycles. The molecule has 1 aromatic carbocycles. The first-order valence-electron chi connectivity index (χ1n) is 8.08. The van der Waals surface area contributed by atoms with E-state index < -0.39 is 0 Å². The summed E-state index contributed by atoms with van der Waals surface area (Å²) in [5.41, 5.74) is 1.61. The number of fused-ring (bicyclic) bond motifs is 2. The molecule has 0 spiro atoms. The third kappa shape index (κ3) is 2.13. The molecule has 110 valence electrons. The van der Waals surface area contributed by atoms with Gasteiger partial charge >= 0.3 is 0 Å². The minimum atomic E-state index is 0.156. The normalized spacial score (nSPS) is 25.2. The van der Waals surface area contributed by atoms with Gasteiger partial charge in [0.15, 0.2) is 0 Å². The number of aliphatic imine (C=N–C) groups is 1. The summed E-state index contributed by atoms with van der Waals surface area (Å²) in [5.74, 6) is 1.29. The molecule has 0 aromatic heterocycles. The average Bonchev–Trinajstić information content (AvgIpc) is 2.98. The van der Waals surface area contributed by atoms with Crippen LogP contribution in [0.1, 0.15) is 42.5 Å². The fourth-order valence-corrected chi connectivity index (χ4v) is 3.79. The molecule has 3 aliphatic heterocycles. The quantitative estimate of drug-likeness (QED) is 0.734. The summed E-state index contributed by atoms with van der Waals surface area (Å²) in [6, 6.07) is 7.97. The van der Waals surface area contributed by atoms with E-state index in [-0.39, 0.29) is 11.9 Å². The molecular weight excluding hydrogens is 262 g/mol. The maximum atomic E-state index is 12.8. The summed E-state index contributed by atoms with van der Waals surface area (Å²) < 4.78 is 0. The second-order valence-corrected chi connectivity index (χ2v) is 6.19. The number of hydrogen-bond donors (Lipinski definition) is 0. The molecule has 1 amide bonds. The van der Waals surface area contributed by atoms with Gasteiger partial charge in [-0.15, -0.1) is 0 Å². The Bertz CT molecular complexity index is 589. The Kier molecular flexibility index (Phi) is 3.17. The van der Waals surface area contributed by atoms with Crippen molar-refractivity contribution in [1.29, 1.82) is 0 Å².